The van der Waals surface area contributed by atoms with Crippen molar-refractivity contribution in [2.45, 2.75) is 32.1 Å². The van der Waals surface area contributed by atoms with Crippen molar-refractivity contribution >= 4 is 11.8 Å². The van der Waals surface area contributed by atoms with E-state index in [2.05, 4.69) is 4.74 Å². The second kappa shape index (κ2) is 5.67. The molecule has 0 heterocycles. The van der Waals surface area contributed by atoms with Crippen LogP contribution in [0, 0.1) is 5.41 Å². The Morgan fingerprint density at radius 2 is 1.78 bits per heavy atom. The molecule has 98 valence electrons. The molecule has 1 saturated carbocycles. The van der Waals surface area contributed by atoms with Gasteiger partial charge < -0.3 is 10.5 Å². The highest BCUT2D eigenvalue weighted by atomic mass is 16.5. The first kappa shape index (κ1) is 14.2. The molecule has 0 saturated heterocycles. The Balaban J connectivity index is 0.000000771. The van der Waals surface area contributed by atoms with Crippen LogP contribution in [0.3, 0.4) is 0 Å². The smallest absolute Gasteiger partial charge is 0.337 e. The molecule has 0 amide bonds. The van der Waals surface area contributed by atoms with Gasteiger partial charge in [0.2, 0.25) is 0 Å². The van der Waals surface area contributed by atoms with Gasteiger partial charge in [0.15, 0.2) is 0 Å². The Morgan fingerprint density at radius 3 is 2.11 bits per heavy atom. The molecule has 1 aliphatic rings. The summed E-state index contributed by atoms with van der Waals surface area (Å²) in [4.78, 5) is 11.2. The number of benzene rings is 1. The number of nitrogens with two attached hydrogens (primary N) is 1. The van der Waals surface area contributed by atoms with Gasteiger partial charge in [0.05, 0.1) is 18.1 Å². The van der Waals surface area contributed by atoms with Crippen molar-refractivity contribution in [3.8, 4) is 0 Å². The van der Waals surface area contributed by atoms with Crippen LogP contribution in [0.15, 0.2) is 24.3 Å². The Bertz CT molecular complexity index is 434. The van der Waals surface area contributed by atoms with Crippen LogP contribution in [0.1, 0.15) is 42.6 Å². The van der Waals surface area contributed by atoms with Gasteiger partial charge in [-0.15, -0.1) is 0 Å². The quantitative estimate of drug-likeness (QED) is 0.490. The fraction of sp³-hybridized carbons (Fsp3) is 0.429. The van der Waals surface area contributed by atoms with Crippen LogP contribution < -0.4 is 5.73 Å². The first-order chi connectivity index (χ1) is 8.60. The van der Waals surface area contributed by atoms with Gasteiger partial charge in [-0.1, -0.05) is 26.0 Å². The number of rotatable bonds is 3. The molecular formula is C14H20N2O2. The van der Waals surface area contributed by atoms with Gasteiger partial charge in [0, 0.05) is 0 Å². The third-order valence-electron chi connectivity index (χ3n) is 3.12. The number of esters is 1. The predicted octanol–water partition coefficient (Wildman–Crippen LogP) is 2.47. The molecule has 0 spiro atoms. The Morgan fingerprint density at radius 1 is 1.28 bits per heavy atom. The molecule has 0 bridgehead atoms. The minimum atomic E-state index is -0.348. The van der Waals surface area contributed by atoms with Gasteiger partial charge in [-0.2, -0.15) is 0 Å². The minimum absolute atomic E-state index is 0.207. The number of hydrogen-bond acceptors (Lipinski definition) is 3. The topological polar surface area (TPSA) is 76.2 Å². The first-order valence-corrected chi connectivity index (χ1v) is 6.13. The third kappa shape index (κ3) is 2.53. The molecule has 1 aliphatic carbocycles. The maximum Gasteiger partial charge on any atom is 0.337 e. The van der Waals surface area contributed by atoms with Crippen molar-refractivity contribution in [1.82, 2.24) is 0 Å². The van der Waals surface area contributed by atoms with Crippen molar-refractivity contribution in [3.05, 3.63) is 35.4 Å². The summed E-state index contributed by atoms with van der Waals surface area (Å²) >= 11 is 0. The van der Waals surface area contributed by atoms with Crippen molar-refractivity contribution in [2.24, 2.45) is 5.73 Å². The van der Waals surface area contributed by atoms with Crippen molar-refractivity contribution in [2.75, 3.05) is 7.11 Å². The van der Waals surface area contributed by atoms with Gasteiger partial charge in [-0.05, 0) is 30.5 Å². The highest BCUT2D eigenvalue weighted by molar-refractivity contribution is 5.93. The summed E-state index contributed by atoms with van der Waals surface area (Å²) in [5, 5.41) is 7.56. The van der Waals surface area contributed by atoms with Gasteiger partial charge >= 0.3 is 5.97 Å². The lowest BCUT2D eigenvalue weighted by atomic mass is 9.94. The van der Waals surface area contributed by atoms with Crippen LogP contribution in [0.4, 0.5) is 0 Å². The zero-order valence-electron chi connectivity index (χ0n) is 11.1. The van der Waals surface area contributed by atoms with E-state index in [-0.39, 0.29) is 17.2 Å². The second-order valence-corrected chi connectivity index (χ2v) is 4.06. The standard InChI is InChI=1S/C12H14N2O2.C2H6/c1-16-10(15)8-2-4-9(5-3-8)12(6-7-12)11(13)14;1-2/h2-5H,6-7H2,1H3,(H3,13,14);1-2H3. The molecule has 0 aromatic heterocycles. The van der Waals surface area contributed by atoms with Crippen LogP contribution in [-0.2, 0) is 10.2 Å². The minimum Gasteiger partial charge on any atom is -0.465 e. The molecular weight excluding hydrogens is 228 g/mol. The Labute approximate surface area is 108 Å². The van der Waals surface area contributed by atoms with E-state index >= 15 is 0 Å². The molecule has 4 heteroatoms. The molecule has 2 rings (SSSR count). The highest BCUT2D eigenvalue weighted by Crippen LogP contribution is 2.47. The molecule has 0 aliphatic heterocycles. The normalized spacial score (nSPS) is 15.1. The zero-order chi connectivity index (χ0) is 13.8. The summed E-state index contributed by atoms with van der Waals surface area (Å²) in [6.07, 6.45) is 1.83. The van der Waals surface area contributed by atoms with Crippen molar-refractivity contribution in [1.29, 1.82) is 5.41 Å². The molecule has 1 aromatic rings. The van der Waals surface area contributed by atoms with Crippen LogP contribution in [0.2, 0.25) is 0 Å². The fourth-order valence-electron chi connectivity index (χ4n) is 1.88. The molecule has 4 nitrogen and oxygen atoms in total. The number of ether oxygens (including phenoxy) is 1. The molecule has 0 unspecified atom stereocenters. The molecule has 18 heavy (non-hydrogen) atoms. The largest absolute Gasteiger partial charge is 0.465 e. The summed E-state index contributed by atoms with van der Waals surface area (Å²) in [5.74, 6) is -0.141. The van der Waals surface area contributed by atoms with Gasteiger partial charge in [0.1, 0.15) is 5.84 Å². The van der Waals surface area contributed by atoms with Gasteiger partial charge in [0.25, 0.3) is 0 Å². The van der Waals surface area contributed by atoms with E-state index in [1.807, 2.05) is 26.0 Å². The highest BCUT2D eigenvalue weighted by Gasteiger charge is 2.47. The predicted molar refractivity (Wildman–Crippen MR) is 72.0 cm³/mol. The number of carbonyl (C=O) groups excluding carboxylic acids is 1. The Kier molecular flexibility index (Phi) is 4.48. The average Bonchev–Trinajstić information content (AvgIpc) is 3.22. The van der Waals surface area contributed by atoms with Crippen LogP contribution in [-0.4, -0.2) is 18.9 Å². The number of nitrogens with one attached hydrogen (secondary N) is 1. The summed E-state index contributed by atoms with van der Waals surface area (Å²) in [7, 11) is 1.36. The lowest BCUT2D eigenvalue weighted by molar-refractivity contribution is 0.0600. The summed E-state index contributed by atoms with van der Waals surface area (Å²) < 4.78 is 4.62. The van der Waals surface area contributed by atoms with E-state index in [4.69, 9.17) is 11.1 Å². The van der Waals surface area contributed by atoms with E-state index in [1.54, 1.807) is 12.1 Å². The monoisotopic (exact) mass is 248 g/mol. The zero-order valence-corrected chi connectivity index (χ0v) is 11.1. The maximum atomic E-state index is 11.2. The average molecular weight is 248 g/mol. The van der Waals surface area contributed by atoms with E-state index in [9.17, 15) is 4.79 Å². The lowest BCUT2D eigenvalue weighted by Gasteiger charge is -2.13. The van der Waals surface area contributed by atoms with E-state index in [1.165, 1.54) is 7.11 Å². The van der Waals surface area contributed by atoms with Crippen LogP contribution in [0.25, 0.3) is 0 Å². The third-order valence-corrected chi connectivity index (χ3v) is 3.12. The van der Waals surface area contributed by atoms with Gasteiger partial charge in [-0.25, -0.2) is 4.79 Å². The molecule has 3 N–H and O–H groups in total. The molecule has 1 aromatic carbocycles. The van der Waals surface area contributed by atoms with Crippen molar-refractivity contribution in [3.63, 3.8) is 0 Å². The first-order valence-electron chi connectivity index (χ1n) is 6.13. The SMILES string of the molecule is CC.COC(=O)c1ccc(C2(C(=N)N)CC2)cc1. The van der Waals surface area contributed by atoms with Crippen LogP contribution in [0.5, 0.6) is 0 Å². The molecule has 0 atom stereocenters. The molecule has 0 radical (unpaired) electrons. The van der Waals surface area contributed by atoms with Crippen molar-refractivity contribution < 1.29 is 9.53 Å². The number of methoxy groups -OCH3 is 1. The number of amidine groups is 1. The molecule has 1 fully saturated rings. The summed E-state index contributed by atoms with van der Waals surface area (Å²) in [6, 6.07) is 7.12. The number of hydrogen-bond donors (Lipinski definition) is 2. The lowest BCUT2D eigenvalue weighted by Crippen LogP contribution is -2.27. The van der Waals surface area contributed by atoms with E-state index < -0.39 is 0 Å². The van der Waals surface area contributed by atoms with E-state index in [0.717, 1.165) is 18.4 Å². The van der Waals surface area contributed by atoms with Gasteiger partial charge in [-0.3, -0.25) is 5.41 Å². The summed E-state index contributed by atoms with van der Waals surface area (Å²) in [5.41, 5.74) is 6.84. The Hall–Kier alpha value is -1.84. The second-order valence-electron chi connectivity index (χ2n) is 4.06. The maximum absolute atomic E-state index is 11.2. The fourth-order valence-corrected chi connectivity index (χ4v) is 1.88. The summed E-state index contributed by atoms with van der Waals surface area (Å²) in [6.45, 7) is 4.00. The van der Waals surface area contributed by atoms with E-state index in [0.29, 0.717) is 5.56 Å². The number of carbonyl (C=O) groups is 1. The van der Waals surface area contributed by atoms with Crippen LogP contribution >= 0.6 is 0 Å².